The van der Waals surface area contributed by atoms with Gasteiger partial charge in [0.05, 0.1) is 18.1 Å². The van der Waals surface area contributed by atoms with E-state index in [1.807, 2.05) is 23.2 Å². The molecule has 24 heavy (non-hydrogen) atoms. The minimum absolute atomic E-state index is 0.0127. The van der Waals surface area contributed by atoms with Gasteiger partial charge in [-0.15, -0.1) is 0 Å². The highest BCUT2D eigenvalue weighted by molar-refractivity contribution is 7.91. The molecule has 1 aromatic rings. The molecule has 0 saturated carbocycles. The largest absolute Gasteiger partial charge is 0.348 e. The van der Waals surface area contributed by atoms with Crippen LogP contribution >= 0.6 is 0 Å². The maximum atomic E-state index is 12.2. The third-order valence-corrected chi connectivity index (χ3v) is 6.55. The van der Waals surface area contributed by atoms with Crippen molar-refractivity contribution in [3.63, 3.8) is 0 Å². The van der Waals surface area contributed by atoms with Gasteiger partial charge in [-0.3, -0.25) is 19.6 Å². The van der Waals surface area contributed by atoms with E-state index < -0.39 is 9.84 Å². The zero-order valence-electron chi connectivity index (χ0n) is 14.1. The lowest BCUT2D eigenvalue weighted by molar-refractivity contribution is -0.131. The van der Waals surface area contributed by atoms with Gasteiger partial charge in [-0.05, 0) is 11.6 Å². The van der Waals surface area contributed by atoms with Crippen molar-refractivity contribution in [3.8, 4) is 0 Å². The molecule has 7 nitrogen and oxygen atoms in total. The van der Waals surface area contributed by atoms with E-state index in [0.717, 1.165) is 12.1 Å². The van der Waals surface area contributed by atoms with Crippen LogP contribution in [-0.4, -0.2) is 91.3 Å². The fourth-order valence-electron chi connectivity index (χ4n) is 3.53. The second-order valence-corrected chi connectivity index (χ2v) is 8.96. The number of amides is 1. The number of nitrogens with zero attached hydrogens (tertiary/aromatic N) is 4. The average molecular weight is 352 g/mol. The number of carbonyl (C=O) groups is 1. The topological polar surface area (TPSA) is 73.8 Å². The molecule has 2 aliphatic rings. The van der Waals surface area contributed by atoms with Crippen LogP contribution in [-0.2, 0) is 21.2 Å². The van der Waals surface area contributed by atoms with Crippen LogP contribution in [0.2, 0.25) is 0 Å². The fraction of sp³-hybridized carbons (Fsp3) is 0.625. The van der Waals surface area contributed by atoms with Crippen LogP contribution in [0.1, 0.15) is 5.56 Å². The first-order valence-electron chi connectivity index (χ1n) is 8.13. The predicted molar refractivity (Wildman–Crippen MR) is 91.1 cm³/mol. The maximum Gasteiger partial charge on any atom is 0.236 e. The quantitative estimate of drug-likeness (QED) is 0.724. The summed E-state index contributed by atoms with van der Waals surface area (Å²) in [5.74, 6) is 0.325. The number of carbonyl (C=O) groups excluding carboxylic acids is 1. The Kier molecular flexibility index (Phi) is 4.89. The summed E-state index contributed by atoms with van der Waals surface area (Å²) in [5, 5.41) is 0. The third-order valence-electron chi connectivity index (χ3n) is 4.85. The number of aromatic nitrogens is 1. The minimum atomic E-state index is -3.07. The van der Waals surface area contributed by atoms with Gasteiger partial charge < -0.3 is 4.90 Å². The molecule has 132 valence electrons. The molecule has 0 aliphatic carbocycles. The van der Waals surface area contributed by atoms with Crippen molar-refractivity contribution in [2.45, 2.75) is 18.6 Å². The van der Waals surface area contributed by atoms with Gasteiger partial charge in [0.15, 0.2) is 9.84 Å². The molecule has 3 heterocycles. The van der Waals surface area contributed by atoms with Gasteiger partial charge in [-0.2, -0.15) is 0 Å². The van der Waals surface area contributed by atoms with Gasteiger partial charge in [-0.25, -0.2) is 8.42 Å². The van der Waals surface area contributed by atoms with Crippen LogP contribution in [0.5, 0.6) is 0 Å². The van der Waals surface area contributed by atoms with E-state index in [0.29, 0.717) is 13.1 Å². The van der Waals surface area contributed by atoms with Gasteiger partial charge in [0, 0.05) is 58.2 Å². The lowest BCUT2D eigenvalue weighted by atomic mass is 10.0. The zero-order chi connectivity index (χ0) is 17.3. The Morgan fingerprint density at radius 2 is 1.92 bits per heavy atom. The van der Waals surface area contributed by atoms with Crippen molar-refractivity contribution in [3.05, 3.63) is 30.1 Å². The van der Waals surface area contributed by atoms with Gasteiger partial charge in [0.25, 0.3) is 0 Å². The lowest BCUT2D eigenvalue weighted by Crippen LogP contribution is -2.60. The summed E-state index contributed by atoms with van der Waals surface area (Å²) in [4.78, 5) is 22.0. The molecule has 2 atom stereocenters. The highest BCUT2D eigenvalue weighted by atomic mass is 32.2. The molecule has 0 aromatic carbocycles. The van der Waals surface area contributed by atoms with Crippen LogP contribution in [0.3, 0.4) is 0 Å². The Labute approximate surface area is 143 Å². The Bertz CT molecular complexity index is 693. The highest BCUT2D eigenvalue weighted by Gasteiger charge is 2.46. The molecule has 1 aromatic heterocycles. The Hall–Kier alpha value is -1.51. The SMILES string of the molecule is CN(C)C(=O)CN1CCN(Cc2cccnc2)[C@@H]2CS(=O)(=O)C[C@@H]21. The summed E-state index contributed by atoms with van der Waals surface area (Å²) in [7, 11) is 0.385. The van der Waals surface area contributed by atoms with Crippen molar-refractivity contribution in [2.75, 3.05) is 45.2 Å². The summed E-state index contributed by atoms with van der Waals surface area (Å²) in [5.41, 5.74) is 1.08. The average Bonchev–Trinajstić information content (AvgIpc) is 2.86. The van der Waals surface area contributed by atoms with Crippen LogP contribution in [0.4, 0.5) is 0 Å². The fourth-order valence-corrected chi connectivity index (χ4v) is 5.57. The molecule has 0 spiro atoms. The number of likely N-dealkylation sites (N-methyl/N-ethyl adjacent to an activating group) is 1. The molecule has 0 radical (unpaired) electrons. The lowest BCUT2D eigenvalue weighted by Gasteiger charge is -2.43. The van der Waals surface area contributed by atoms with E-state index in [1.54, 1.807) is 25.2 Å². The number of sulfone groups is 1. The number of hydrogen-bond donors (Lipinski definition) is 0. The zero-order valence-corrected chi connectivity index (χ0v) is 14.9. The molecule has 0 unspecified atom stereocenters. The molecule has 2 fully saturated rings. The monoisotopic (exact) mass is 352 g/mol. The van der Waals surface area contributed by atoms with Gasteiger partial charge in [-0.1, -0.05) is 6.07 Å². The molecule has 0 N–H and O–H groups in total. The van der Waals surface area contributed by atoms with Crippen molar-refractivity contribution in [1.29, 1.82) is 0 Å². The normalized spacial score (nSPS) is 26.9. The highest BCUT2D eigenvalue weighted by Crippen LogP contribution is 2.28. The molecule has 8 heteroatoms. The smallest absolute Gasteiger partial charge is 0.236 e. The number of hydrogen-bond acceptors (Lipinski definition) is 6. The molecule has 1 amide bonds. The van der Waals surface area contributed by atoms with Crippen LogP contribution < -0.4 is 0 Å². The van der Waals surface area contributed by atoms with Crippen molar-refractivity contribution < 1.29 is 13.2 Å². The van der Waals surface area contributed by atoms with E-state index in [1.165, 1.54) is 0 Å². The van der Waals surface area contributed by atoms with Gasteiger partial charge in [0.1, 0.15) is 0 Å². The van der Waals surface area contributed by atoms with Crippen molar-refractivity contribution >= 4 is 15.7 Å². The molecule has 2 aliphatic heterocycles. The van der Waals surface area contributed by atoms with Crippen molar-refractivity contribution in [2.24, 2.45) is 0 Å². The Morgan fingerprint density at radius 1 is 1.25 bits per heavy atom. The first kappa shape index (κ1) is 17.3. The summed E-state index contributed by atoms with van der Waals surface area (Å²) < 4.78 is 24.4. The maximum absolute atomic E-state index is 12.2. The summed E-state index contributed by atoms with van der Waals surface area (Å²) in [6.07, 6.45) is 3.55. The molecular formula is C16H24N4O3S. The summed E-state index contributed by atoms with van der Waals surface area (Å²) in [6, 6.07) is 3.74. The molecular weight excluding hydrogens is 328 g/mol. The van der Waals surface area contributed by atoms with E-state index in [4.69, 9.17) is 0 Å². The second-order valence-electron chi connectivity index (χ2n) is 6.80. The van der Waals surface area contributed by atoms with Crippen LogP contribution in [0.15, 0.2) is 24.5 Å². The first-order chi connectivity index (χ1) is 11.4. The van der Waals surface area contributed by atoms with Gasteiger partial charge >= 0.3 is 0 Å². The van der Waals surface area contributed by atoms with Crippen LogP contribution in [0.25, 0.3) is 0 Å². The molecule has 0 bridgehead atoms. The summed E-state index contributed by atoms with van der Waals surface area (Å²) in [6.45, 7) is 2.44. The van der Waals surface area contributed by atoms with E-state index in [9.17, 15) is 13.2 Å². The number of pyridine rings is 1. The summed E-state index contributed by atoms with van der Waals surface area (Å²) >= 11 is 0. The number of fused-ring (bicyclic) bond motifs is 1. The molecule has 3 rings (SSSR count). The minimum Gasteiger partial charge on any atom is -0.348 e. The van der Waals surface area contributed by atoms with Crippen LogP contribution in [0, 0.1) is 0 Å². The Morgan fingerprint density at radius 3 is 2.54 bits per heavy atom. The Balaban J connectivity index is 1.76. The molecule has 2 saturated heterocycles. The third kappa shape index (κ3) is 3.76. The van der Waals surface area contributed by atoms with E-state index >= 15 is 0 Å². The van der Waals surface area contributed by atoms with Crippen molar-refractivity contribution in [1.82, 2.24) is 19.7 Å². The van der Waals surface area contributed by atoms with Gasteiger partial charge in [0.2, 0.25) is 5.91 Å². The second kappa shape index (κ2) is 6.78. The first-order valence-corrected chi connectivity index (χ1v) is 9.95. The predicted octanol–water partition coefficient (Wildman–Crippen LogP) is -0.547. The standard InChI is InChI=1S/C16H24N4O3S/c1-18(2)16(21)10-20-7-6-19(9-13-4-3-5-17-8-13)14-11-24(22,23)12-15(14)20/h3-5,8,14-15H,6-7,9-12H2,1-2H3/t14-,15+/m1/s1. The van der Waals surface area contributed by atoms with E-state index in [2.05, 4.69) is 9.88 Å². The number of rotatable bonds is 4. The number of piperazine rings is 1. The van der Waals surface area contributed by atoms with E-state index in [-0.39, 0.29) is 36.0 Å².